The van der Waals surface area contributed by atoms with Crippen molar-refractivity contribution in [3.05, 3.63) is 0 Å². The van der Waals surface area contributed by atoms with Gasteiger partial charge in [-0.25, -0.2) is 0 Å². The zero-order chi connectivity index (χ0) is 0. The first-order chi connectivity index (χ1) is 0. The third-order valence-electron chi connectivity index (χ3n) is 0. The Kier molecular flexibility index (Phi) is 283. The van der Waals surface area contributed by atoms with Crippen LogP contribution in [0.25, 0.3) is 0 Å². The van der Waals surface area contributed by atoms with Gasteiger partial charge in [-0.15, -0.1) is 0 Å². The van der Waals surface area contributed by atoms with Gasteiger partial charge < -0.3 is 0 Å². The average Bonchev–Trinajstić information content (AvgIpc) is 0. The molecule has 0 aliphatic carbocycles. The fraction of sp³-hybridized carbons (Fsp3) is 0. The van der Waals surface area contributed by atoms with Gasteiger partial charge >= 0.3 is 41.3 Å². The Balaban J connectivity index is 0. The largest absolute Gasteiger partial charge is 3.00 e. The fourth-order valence-corrected chi connectivity index (χ4v) is 0. The van der Waals surface area contributed by atoms with E-state index >= 15 is 0 Å². The van der Waals surface area contributed by atoms with Crippen molar-refractivity contribution in [3.8, 4) is 0 Å². The SMILES string of the molecule is [BH4-].[BH4-].[BH4-].[Pr+3]. The van der Waals surface area contributed by atoms with Crippen LogP contribution < -0.4 is 0 Å². The van der Waals surface area contributed by atoms with Crippen molar-refractivity contribution >= 4 is 25.2 Å². The van der Waals surface area contributed by atoms with Crippen molar-refractivity contribution in [2.75, 3.05) is 0 Å². The summed E-state index contributed by atoms with van der Waals surface area (Å²) in [5.41, 5.74) is 0. The van der Waals surface area contributed by atoms with E-state index in [1.165, 1.54) is 0 Å². The van der Waals surface area contributed by atoms with Crippen LogP contribution in [0.4, 0.5) is 0 Å². The molecule has 0 bridgehead atoms. The molecule has 0 N–H and O–H groups in total. The van der Waals surface area contributed by atoms with Crippen molar-refractivity contribution in [3.63, 3.8) is 0 Å². The van der Waals surface area contributed by atoms with Gasteiger partial charge in [0.25, 0.3) is 0 Å². The van der Waals surface area contributed by atoms with E-state index in [0.29, 0.717) is 0 Å². The molecule has 0 aromatic carbocycles. The maximum Gasteiger partial charge on any atom is 3.00 e. The second-order valence-electron chi connectivity index (χ2n) is 0. The molecule has 0 aliphatic rings. The molecule has 24 valence electrons. The van der Waals surface area contributed by atoms with Crippen molar-refractivity contribution in [1.82, 2.24) is 0 Å². The molecule has 0 spiro atoms. The Morgan fingerprint density at radius 2 is 0.500 bits per heavy atom. The second-order valence-corrected chi connectivity index (χ2v) is 0. The molecule has 0 unspecified atom stereocenters. The van der Waals surface area contributed by atoms with E-state index in [1.807, 2.05) is 0 Å². The van der Waals surface area contributed by atoms with Gasteiger partial charge in [-0.3, -0.25) is 0 Å². The third-order valence-corrected chi connectivity index (χ3v) is 0. The van der Waals surface area contributed by atoms with Crippen LogP contribution in [0.15, 0.2) is 0 Å². The topological polar surface area (TPSA) is 0 Å². The van der Waals surface area contributed by atoms with Crippen LogP contribution in [-0.2, 0) is 0 Å². The van der Waals surface area contributed by atoms with Crippen LogP contribution in [-0.4, -0.2) is 25.2 Å². The molecule has 0 fully saturated rings. The molecule has 0 aromatic rings. The Morgan fingerprint density at radius 3 is 0.500 bits per heavy atom. The maximum atomic E-state index is 0. The quantitative estimate of drug-likeness (QED) is 0.335. The Labute approximate surface area is 65.8 Å². The summed E-state index contributed by atoms with van der Waals surface area (Å²) in [4.78, 5) is 0. The molecule has 0 rings (SSSR count). The first kappa shape index (κ1) is 47.6. The van der Waals surface area contributed by atoms with E-state index in [0.717, 1.165) is 0 Å². The summed E-state index contributed by atoms with van der Waals surface area (Å²) >= 11 is 0. The summed E-state index contributed by atoms with van der Waals surface area (Å²) in [5.74, 6) is 0. The van der Waals surface area contributed by atoms with Crippen molar-refractivity contribution in [1.29, 1.82) is 0 Å². The van der Waals surface area contributed by atoms with Gasteiger partial charge in [0.15, 0.2) is 0 Å². The smallest absolute Gasteiger partial charge is 0.0626 e. The standard InChI is InChI=1S/3BH4.Pr/h3*1H4;/q3*-1;+3. The Morgan fingerprint density at radius 1 is 0.500 bits per heavy atom. The van der Waals surface area contributed by atoms with Crippen LogP contribution in [0, 0.1) is 41.3 Å². The predicted octanol–water partition coefficient (Wildman–Crippen LogP) is -4.35. The molecule has 0 saturated heterocycles. The van der Waals surface area contributed by atoms with Gasteiger partial charge in [-0.1, -0.05) is 25.2 Å². The first-order valence-corrected chi connectivity index (χ1v) is 0. The van der Waals surface area contributed by atoms with Crippen molar-refractivity contribution in [2.24, 2.45) is 0 Å². The minimum Gasteiger partial charge on any atom is -0.0626 e. The monoisotopic (exact) mass is 186 g/mol. The van der Waals surface area contributed by atoms with E-state index in [9.17, 15) is 0 Å². The van der Waals surface area contributed by atoms with Crippen LogP contribution in [0.3, 0.4) is 0 Å². The predicted molar refractivity (Wildman–Crippen MR) is 34.0 cm³/mol. The maximum absolute atomic E-state index is 0. The molecule has 4 heteroatoms. The third kappa shape index (κ3) is 9.59. The molecule has 0 aliphatic heterocycles. The first-order valence-electron chi connectivity index (χ1n) is 0. The van der Waals surface area contributed by atoms with Crippen LogP contribution in [0.2, 0.25) is 0 Å². The summed E-state index contributed by atoms with van der Waals surface area (Å²) in [6, 6.07) is 0. The van der Waals surface area contributed by atoms with Crippen LogP contribution in [0.1, 0.15) is 0 Å². The van der Waals surface area contributed by atoms with Gasteiger partial charge in [-0.2, -0.15) is 0 Å². The Hall–Kier alpha value is 1.56. The van der Waals surface area contributed by atoms with Gasteiger partial charge in [0.05, 0.1) is 0 Å². The van der Waals surface area contributed by atoms with Crippen molar-refractivity contribution in [2.45, 2.75) is 0 Å². The van der Waals surface area contributed by atoms with Gasteiger partial charge in [-0.05, 0) is 0 Å². The molecule has 0 saturated carbocycles. The molecule has 0 amide bonds. The van der Waals surface area contributed by atoms with Crippen LogP contribution >= 0.6 is 0 Å². The van der Waals surface area contributed by atoms with E-state index in [4.69, 9.17) is 0 Å². The summed E-state index contributed by atoms with van der Waals surface area (Å²) < 4.78 is 0. The number of rotatable bonds is 0. The number of hydrogen-bond acceptors (Lipinski definition) is 0. The fourth-order valence-electron chi connectivity index (χ4n) is 0. The average molecular weight is 185 g/mol. The van der Waals surface area contributed by atoms with Crippen LogP contribution in [0.5, 0.6) is 0 Å². The Bertz CT molecular complexity index is 3.25. The molecule has 0 radical (unpaired) electrons. The summed E-state index contributed by atoms with van der Waals surface area (Å²) in [6.07, 6.45) is 0. The molecule has 4 heavy (non-hydrogen) atoms. The van der Waals surface area contributed by atoms with E-state index in [-0.39, 0.29) is 66.5 Å². The van der Waals surface area contributed by atoms with Crippen molar-refractivity contribution < 1.29 is 41.3 Å². The van der Waals surface area contributed by atoms with E-state index < -0.39 is 0 Å². The summed E-state index contributed by atoms with van der Waals surface area (Å²) in [5, 5.41) is 0. The zero-order valence-corrected chi connectivity index (χ0v) is 4.28. The normalized spacial score (nSPS) is 0. The van der Waals surface area contributed by atoms with Gasteiger partial charge in [0, 0.05) is 0 Å². The van der Waals surface area contributed by atoms with E-state index in [2.05, 4.69) is 0 Å². The minimum absolute atomic E-state index is 0. The molecular formula is H12B3Pr. The number of hydrogen-bond donors (Lipinski definition) is 0. The zero-order valence-electron chi connectivity index (χ0n) is 0.577. The molecular weight excluding hydrogens is 173 g/mol. The van der Waals surface area contributed by atoms with E-state index in [1.54, 1.807) is 0 Å². The molecule has 0 atom stereocenters. The second kappa shape index (κ2) is 23.8. The minimum atomic E-state index is 0. The molecule has 0 heterocycles. The van der Waals surface area contributed by atoms with Gasteiger partial charge in [0.1, 0.15) is 0 Å². The summed E-state index contributed by atoms with van der Waals surface area (Å²) in [7, 11) is 0. The molecule has 0 nitrogen and oxygen atoms in total. The summed E-state index contributed by atoms with van der Waals surface area (Å²) in [6.45, 7) is 0. The molecule has 0 aromatic heterocycles. The van der Waals surface area contributed by atoms with Gasteiger partial charge in [0.2, 0.25) is 0 Å².